The average Bonchev–Trinajstić information content (AvgIpc) is 2.87. The molecule has 0 heterocycles. The standard InChI is InChI=1S/C25H29O6P/c26-16-23(28)18-30-32(31-19-24(29)17-27)25(20-10-4-1-5-11-20,21-12-6-2-7-13-21)22-14-8-3-9-15-22/h1-15,23-24,26-29H,16-19H2. The molecule has 0 aliphatic heterocycles. The van der Waals surface area contributed by atoms with Crippen LogP contribution in [-0.4, -0.2) is 59.1 Å². The van der Waals surface area contributed by atoms with Crippen molar-refractivity contribution in [3.63, 3.8) is 0 Å². The summed E-state index contributed by atoms with van der Waals surface area (Å²) in [6, 6.07) is 29.4. The smallest absolute Gasteiger partial charge is 0.191 e. The van der Waals surface area contributed by atoms with Gasteiger partial charge in [-0.3, -0.25) is 0 Å². The lowest BCUT2D eigenvalue weighted by Gasteiger charge is -2.41. The second-order valence-electron chi connectivity index (χ2n) is 7.33. The quantitative estimate of drug-likeness (QED) is 0.247. The van der Waals surface area contributed by atoms with E-state index in [4.69, 9.17) is 9.05 Å². The maximum atomic E-state index is 10.00. The van der Waals surface area contributed by atoms with Crippen LogP contribution < -0.4 is 0 Å². The highest BCUT2D eigenvalue weighted by Gasteiger charge is 2.47. The Morgan fingerprint density at radius 3 is 1.19 bits per heavy atom. The van der Waals surface area contributed by atoms with E-state index in [9.17, 15) is 20.4 Å². The van der Waals surface area contributed by atoms with Crippen molar-refractivity contribution in [2.24, 2.45) is 0 Å². The van der Waals surface area contributed by atoms with E-state index in [1.54, 1.807) is 0 Å². The number of hydrogen-bond acceptors (Lipinski definition) is 6. The molecule has 0 aliphatic carbocycles. The number of hydrogen-bond donors (Lipinski definition) is 4. The van der Waals surface area contributed by atoms with Crippen molar-refractivity contribution in [2.45, 2.75) is 17.4 Å². The first-order chi connectivity index (χ1) is 15.6. The minimum absolute atomic E-state index is 0.147. The van der Waals surface area contributed by atoms with Crippen molar-refractivity contribution in [3.05, 3.63) is 108 Å². The molecule has 0 amide bonds. The Balaban J connectivity index is 2.23. The number of aliphatic hydroxyl groups is 4. The summed E-state index contributed by atoms with van der Waals surface area (Å²) in [4.78, 5) is 0. The molecule has 2 atom stereocenters. The van der Waals surface area contributed by atoms with Gasteiger partial charge >= 0.3 is 0 Å². The molecule has 0 radical (unpaired) electrons. The van der Waals surface area contributed by atoms with Crippen LogP contribution in [0.3, 0.4) is 0 Å². The summed E-state index contributed by atoms with van der Waals surface area (Å²) in [6.45, 7) is -1.19. The molecular weight excluding hydrogens is 427 g/mol. The monoisotopic (exact) mass is 456 g/mol. The molecule has 32 heavy (non-hydrogen) atoms. The SMILES string of the molecule is OCC(O)COP(OCC(O)CO)C(c1ccccc1)(c1ccccc1)c1ccccc1. The van der Waals surface area contributed by atoms with E-state index >= 15 is 0 Å². The van der Waals surface area contributed by atoms with Gasteiger partial charge in [0, 0.05) is 0 Å². The zero-order valence-electron chi connectivity index (χ0n) is 17.7. The van der Waals surface area contributed by atoms with Crippen molar-refractivity contribution < 1.29 is 29.5 Å². The Kier molecular flexibility index (Phi) is 9.33. The Morgan fingerprint density at radius 2 is 0.906 bits per heavy atom. The largest absolute Gasteiger partial charge is 0.394 e. The first kappa shape index (κ1) is 24.5. The molecule has 0 aliphatic rings. The van der Waals surface area contributed by atoms with Gasteiger partial charge in [0.25, 0.3) is 0 Å². The summed E-state index contributed by atoms with van der Waals surface area (Å²) in [5.41, 5.74) is 2.75. The fraction of sp³-hybridized carbons (Fsp3) is 0.280. The van der Waals surface area contributed by atoms with Crippen molar-refractivity contribution in [1.29, 1.82) is 0 Å². The highest BCUT2D eigenvalue weighted by molar-refractivity contribution is 7.49. The molecule has 0 bridgehead atoms. The predicted octanol–water partition coefficient (Wildman–Crippen LogP) is 3.03. The lowest BCUT2D eigenvalue weighted by atomic mass is 9.84. The van der Waals surface area contributed by atoms with Gasteiger partial charge in [0.15, 0.2) is 8.38 Å². The highest BCUT2D eigenvalue weighted by Crippen LogP contribution is 2.64. The van der Waals surface area contributed by atoms with Crippen LogP contribution in [0.5, 0.6) is 0 Å². The van der Waals surface area contributed by atoms with Gasteiger partial charge in [-0.1, -0.05) is 91.0 Å². The van der Waals surface area contributed by atoms with Crippen LogP contribution in [0, 0.1) is 0 Å². The van der Waals surface area contributed by atoms with E-state index in [1.165, 1.54) is 0 Å². The van der Waals surface area contributed by atoms with E-state index in [0.29, 0.717) is 0 Å². The summed E-state index contributed by atoms with van der Waals surface area (Å²) in [5, 5.41) is 37.7. The number of aliphatic hydroxyl groups excluding tert-OH is 4. The second kappa shape index (κ2) is 12.2. The van der Waals surface area contributed by atoms with Crippen LogP contribution in [0.15, 0.2) is 91.0 Å². The second-order valence-corrected chi connectivity index (χ2v) is 9.03. The minimum atomic E-state index is -1.86. The van der Waals surface area contributed by atoms with Gasteiger partial charge in [-0.05, 0) is 16.7 Å². The normalized spacial score (nSPS) is 14.6. The van der Waals surface area contributed by atoms with Gasteiger partial charge in [-0.15, -0.1) is 0 Å². The van der Waals surface area contributed by atoms with Crippen LogP contribution in [0.4, 0.5) is 0 Å². The average molecular weight is 456 g/mol. The van der Waals surface area contributed by atoms with Crippen LogP contribution in [-0.2, 0) is 14.2 Å². The predicted molar refractivity (Wildman–Crippen MR) is 124 cm³/mol. The molecule has 0 saturated carbocycles. The molecule has 0 saturated heterocycles. The third-order valence-corrected chi connectivity index (χ3v) is 7.13. The molecule has 7 heteroatoms. The minimum Gasteiger partial charge on any atom is -0.394 e. The maximum absolute atomic E-state index is 10.00. The fourth-order valence-electron chi connectivity index (χ4n) is 3.50. The molecule has 3 rings (SSSR count). The Hall–Kier alpha value is -2.15. The van der Waals surface area contributed by atoms with Crippen LogP contribution in [0.2, 0.25) is 0 Å². The van der Waals surface area contributed by atoms with Gasteiger partial charge < -0.3 is 29.5 Å². The van der Waals surface area contributed by atoms with Gasteiger partial charge in [0.05, 0.1) is 26.4 Å². The van der Waals surface area contributed by atoms with E-state index in [1.807, 2.05) is 91.0 Å². The van der Waals surface area contributed by atoms with Crippen molar-refractivity contribution in [1.82, 2.24) is 0 Å². The fourth-order valence-corrected chi connectivity index (χ4v) is 5.65. The molecule has 3 aromatic rings. The molecule has 2 unspecified atom stereocenters. The Labute approximate surface area is 189 Å². The zero-order valence-corrected chi connectivity index (χ0v) is 18.6. The van der Waals surface area contributed by atoms with Gasteiger partial charge in [-0.2, -0.15) is 0 Å². The van der Waals surface area contributed by atoms with Crippen molar-refractivity contribution in [3.8, 4) is 0 Å². The third kappa shape index (κ3) is 5.61. The first-order valence-electron chi connectivity index (χ1n) is 10.4. The summed E-state index contributed by atoms with van der Waals surface area (Å²) < 4.78 is 12.3. The number of rotatable bonds is 12. The number of benzene rings is 3. The van der Waals surface area contributed by atoms with Crippen LogP contribution >= 0.6 is 8.38 Å². The molecular formula is C25H29O6P. The van der Waals surface area contributed by atoms with E-state index < -0.39 is 39.0 Å². The summed E-state index contributed by atoms with van der Waals surface area (Å²) in [5.74, 6) is 0. The first-order valence-corrected chi connectivity index (χ1v) is 11.6. The van der Waals surface area contributed by atoms with Crippen LogP contribution in [0.25, 0.3) is 0 Å². The molecule has 3 aromatic carbocycles. The van der Waals surface area contributed by atoms with Crippen molar-refractivity contribution >= 4 is 8.38 Å². The Bertz CT molecular complexity index is 799. The molecule has 0 spiro atoms. The molecule has 170 valence electrons. The summed E-state index contributed by atoms with van der Waals surface area (Å²) in [7, 11) is -1.86. The Morgan fingerprint density at radius 1 is 0.594 bits per heavy atom. The lowest BCUT2D eigenvalue weighted by Crippen LogP contribution is -2.32. The van der Waals surface area contributed by atoms with Crippen molar-refractivity contribution in [2.75, 3.05) is 26.4 Å². The van der Waals surface area contributed by atoms with Gasteiger partial charge in [0.1, 0.15) is 17.4 Å². The topological polar surface area (TPSA) is 99.4 Å². The molecule has 0 aromatic heterocycles. The highest BCUT2D eigenvalue weighted by atomic mass is 31.2. The van der Waals surface area contributed by atoms with E-state index in [0.717, 1.165) is 16.7 Å². The van der Waals surface area contributed by atoms with Gasteiger partial charge in [0.2, 0.25) is 0 Å². The molecule has 6 nitrogen and oxygen atoms in total. The third-order valence-electron chi connectivity index (χ3n) is 5.04. The zero-order chi connectivity index (χ0) is 22.8. The summed E-state index contributed by atoms with van der Waals surface area (Å²) in [6.07, 6.45) is -2.15. The molecule has 0 fully saturated rings. The van der Waals surface area contributed by atoms with Crippen LogP contribution in [0.1, 0.15) is 16.7 Å². The maximum Gasteiger partial charge on any atom is 0.191 e. The molecule has 4 N–H and O–H groups in total. The van der Waals surface area contributed by atoms with Gasteiger partial charge in [-0.25, -0.2) is 0 Å². The van der Waals surface area contributed by atoms with E-state index in [-0.39, 0.29) is 13.2 Å². The summed E-state index contributed by atoms with van der Waals surface area (Å²) >= 11 is 0. The lowest BCUT2D eigenvalue weighted by molar-refractivity contribution is 0.0350. The van der Waals surface area contributed by atoms with E-state index in [2.05, 4.69) is 0 Å².